The van der Waals surface area contributed by atoms with Gasteiger partial charge in [-0.1, -0.05) is 25.8 Å². The van der Waals surface area contributed by atoms with Crippen LogP contribution in [0, 0.1) is 6.92 Å². The van der Waals surface area contributed by atoms with Crippen molar-refractivity contribution in [3.8, 4) is 11.5 Å². The third-order valence-corrected chi connectivity index (χ3v) is 6.11. The molecule has 178 valence electrons. The van der Waals surface area contributed by atoms with Crippen LogP contribution in [-0.4, -0.2) is 38.0 Å². The lowest BCUT2D eigenvalue weighted by Crippen LogP contribution is -2.12. The Bertz CT molecular complexity index is 1020. The number of hydrogen-bond acceptors (Lipinski definition) is 7. The summed E-state index contributed by atoms with van der Waals surface area (Å²) in [6.45, 7) is 7.73. The highest BCUT2D eigenvalue weighted by Crippen LogP contribution is 2.34. The number of rotatable bonds is 12. The van der Waals surface area contributed by atoms with Crippen molar-refractivity contribution in [1.82, 2.24) is 0 Å². The minimum Gasteiger partial charge on any atom is -0.493 e. The number of esters is 1. The molecular formula is C25H31NO6S. The van der Waals surface area contributed by atoms with Gasteiger partial charge in [-0.2, -0.15) is 0 Å². The summed E-state index contributed by atoms with van der Waals surface area (Å²) in [4.78, 5) is 37.2. The molecule has 0 bridgehead atoms. The number of carbonyl (C=O) groups excluding carboxylic acids is 3. The van der Waals surface area contributed by atoms with Crippen LogP contribution in [0.5, 0.6) is 11.5 Å². The summed E-state index contributed by atoms with van der Waals surface area (Å²) in [6.07, 6.45) is 6.19. The van der Waals surface area contributed by atoms with E-state index >= 15 is 0 Å². The average Bonchev–Trinajstić information content (AvgIpc) is 3.11. The molecule has 1 aromatic carbocycles. The Hall–Kier alpha value is -3.13. The van der Waals surface area contributed by atoms with Crippen LogP contribution in [0.2, 0.25) is 0 Å². The van der Waals surface area contributed by atoms with Crippen molar-refractivity contribution in [2.24, 2.45) is 0 Å². The van der Waals surface area contributed by atoms with Crippen molar-refractivity contribution in [2.45, 2.75) is 47.0 Å². The fourth-order valence-corrected chi connectivity index (χ4v) is 4.25. The van der Waals surface area contributed by atoms with E-state index in [1.807, 2.05) is 12.1 Å². The Balaban J connectivity index is 2.16. The van der Waals surface area contributed by atoms with Crippen molar-refractivity contribution in [3.05, 3.63) is 45.8 Å². The molecule has 0 unspecified atom stereocenters. The van der Waals surface area contributed by atoms with E-state index < -0.39 is 11.9 Å². The number of methoxy groups -OCH3 is 1. The van der Waals surface area contributed by atoms with E-state index in [9.17, 15) is 14.4 Å². The van der Waals surface area contributed by atoms with Crippen molar-refractivity contribution in [2.75, 3.05) is 25.6 Å². The second kappa shape index (κ2) is 12.8. The lowest BCUT2D eigenvalue weighted by molar-refractivity contribution is -0.111. The van der Waals surface area contributed by atoms with Gasteiger partial charge in [0, 0.05) is 6.08 Å². The number of benzene rings is 1. The molecule has 7 nitrogen and oxygen atoms in total. The van der Waals surface area contributed by atoms with Crippen LogP contribution in [0.25, 0.3) is 6.08 Å². The second-order valence-corrected chi connectivity index (χ2v) is 8.35. The summed E-state index contributed by atoms with van der Waals surface area (Å²) in [5.74, 6) is 0.0509. The summed E-state index contributed by atoms with van der Waals surface area (Å²) in [5.41, 5.74) is 1.46. The highest BCUT2D eigenvalue weighted by atomic mass is 32.1. The highest BCUT2D eigenvalue weighted by molar-refractivity contribution is 7.18. The summed E-state index contributed by atoms with van der Waals surface area (Å²) < 4.78 is 16.3. The van der Waals surface area contributed by atoms with Crippen LogP contribution in [0.3, 0.4) is 0 Å². The van der Waals surface area contributed by atoms with Gasteiger partial charge in [-0.05, 0) is 56.5 Å². The minimum atomic E-state index is -0.572. The molecule has 0 atom stereocenters. The van der Waals surface area contributed by atoms with Gasteiger partial charge in [-0.15, -0.1) is 11.3 Å². The van der Waals surface area contributed by atoms with Gasteiger partial charge >= 0.3 is 5.97 Å². The molecular weight excluding hydrogens is 442 g/mol. The highest BCUT2D eigenvalue weighted by Gasteiger charge is 2.24. The molecule has 33 heavy (non-hydrogen) atoms. The van der Waals surface area contributed by atoms with Gasteiger partial charge in [0.2, 0.25) is 5.91 Å². The normalized spacial score (nSPS) is 10.8. The number of hydrogen-bond donors (Lipinski definition) is 1. The first kappa shape index (κ1) is 26.1. The fraction of sp³-hybridized carbons (Fsp3) is 0.400. The Morgan fingerprint density at radius 1 is 1.12 bits per heavy atom. The summed E-state index contributed by atoms with van der Waals surface area (Å²) in [7, 11) is 1.57. The molecule has 0 saturated carbocycles. The first-order valence-corrected chi connectivity index (χ1v) is 11.7. The molecule has 0 spiro atoms. The number of carbonyl (C=O) groups is 3. The zero-order chi connectivity index (χ0) is 24.4. The largest absolute Gasteiger partial charge is 0.493 e. The van der Waals surface area contributed by atoms with Gasteiger partial charge in [0.05, 0.1) is 30.8 Å². The molecule has 1 N–H and O–H groups in total. The van der Waals surface area contributed by atoms with Gasteiger partial charge in [-0.25, -0.2) is 4.79 Å². The van der Waals surface area contributed by atoms with Crippen LogP contribution in [0.1, 0.15) is 71.2 Å². The summed E-state index contributed by atoms with van der Waals surface area (Å²) in [5, 5.41) is 2.99. The number of ketones is 1. The Kier molecular flexibility index (Phi) is 10.1. The van der Waals surface area contributed by atoms with Gasteiger partial charge < -0.3 is 19.5 Å². The molecule has 0 aliphatic heterocycles. The number of ether oxygens (including phenoxy) is 3. The van der Waals surface area contributed by atoms with E-state index in [-0.39, 0.29) is 18.0 Å². The van der Waals surface area contributed by atoms with Crippen molar-refractivity contribution < 1.29 is 28.6 Å². The predicted molar refractivity (Wildman–Crippen MR) is 131 cm³/mol. The third-order valence-electron chi connectivity index (χ3n) is 4.80. The molecule has 0 radical (unpaired) electrons. The molecule has 0 aliphatic carbocycles. The Morgan fingerprint density at radius 2 is 1.88 bits per heavy atom. The lowest BCUT2D eigenvalue weighted by atomic mass is 10.1. The van der Waals surface area contributed by atoms with E-state index in [0.29, 0.717) is 33.5 Å². The Morgan fingerprint density at radius 3 is 2.52 bits per heavy atom. The summed E-state index contributed by atoms with van der Waals surface area (Å²) in [6, 6.07) is 5.42. The molecule has 2 rings (SSSR count). The molecule has 0 aliphatic rings. The molecule has 8 heteroatoms. The lowest BCUT2D eigenvalue weighted by Gasteiger charge is -2.11. The van der Waals surface area contributed by atoms with E-state index in [2.05, 4.69) is 12.2 Å². The topological polar surface area (TPSA) is 90.9 Å². The fourth-order valence-electron chi connectivity index (χ4n) is 3.15. The predicted octanol–water partition coefficient (Wildman–Crippen LogP) is 5.67. The number of thiophene rings is 1. The molecule has 2 aromatic rings. The van der Waals surface area contributed by atoms with Crippen LogP contribution in [0.4, 0.5) is 5.00 Å². The number of unbranched alkanes of at least 4 members (excludes halogenated alkanes) is 2. The zero-order valence-corrected chi connectivity index (χ0v) is 20.6. The van der Waals surface area contributed by atoms with E-state index in [0.717, 1.165) is 36.2 Å². The maximum Gasteiger partial charge on any atom is 0.341 e. The smallest absolute Gasteiger partial charge is 0.341 e. The maximum absolute atomic E-state index is 12.5. The van der Waals surface area contributed by atoms with Crippen molar-refractivity contribution in [1.29, 1.82) is 0 Å². The van der Waals surface area contributed by atoms with E-state index in [4.69, 9.17) is 14.2 Å². The molecule has 0 fully saturated rings. The average molecular weight is 474 g/mol. The first-order valence-electron chi connectivity index (χ1n) is 10.9. The maximum atomic E-state index is 12.5. The molecule has 0 saturated heterocycles. The van der Waals surface area contributed by atoms with Crippen LogP contribution >= 0.6 is 11.3 Å². The van der Waals surface area contributed by atoms with Gasteiger partial charge in [0.25, 0.3) is 0 Å². The Labute approximate surface area is 198 Å². The van der Waals surface area contributed by atoms with Crippen LogP contribution < -0.4 is 14.8 Å². The van der Waals surface area contributed by atoms with E-state index in [1.165, 1.54) is 13.0 Å². The monoisotopic (exact) mass is 473 g/mol. The van der Waals surface area contributed by atoms with Gasteiger partial charge in [-0.3, -0.25) is 9.59 Å². The minimum absolute atomic E-state index is 0.178. The van der Waals surface area contributed by atoms with Crippen LogP contribution in [0.15, 0.2) is 24.3 Å². The zero-order valence-electron chi connectivity index (χ0n) is 19.8. The van der Waals surface area contributed by atoms with Crippen molar-refractivity contribution >= 4 is 40.1 Å². The van der Waals surface area contributed by atoms with Crippen LogP contribution in [-0.2, 0) is 9.53 Å². The third kappa shape index (κ3) is 7.18. The SMILES string of the molecule is CCCCCOc1ccc(/C=C/C(=O)Nc2sc(C(C)=O)c(C)c2C(=O)OCC)cc1OC. The molecule has 1 heterocycles. The second-order valence-electron chi connectivity index (χ2n) is 7.33. The molecule has 1 amide bonds. The molecule has 1 aromatic heterocycles. The van der Waals surface area contributed by atoms with E-state index in [1.54, 1.807) is 33.1 Å². The van der Waals surface area contributed by atoms with Gasteiger partial charge in [0.1, 0.15) is 5.00 Å². The number of nitrogens with one attached hydrogen (secondary N) is 1. The number of anilines is 1. The van der Waals surface area contributed by atoms with Crippen molar-refractivity contribution in [3.63, 3.8) is 0 Å². The standard InChI is InChI=1S/C25H31NO6S/c1-6-8-9-14-32-19-12-10-18(15-20(19)30-5)11-13-21(28)26-24-22(25(29)31-7-2)16(3)23(33-24)17(4)27/h10-13,15H,6-9,14H2,1-5H3,(H,26,28)/b13-11+. The first-order chi connectivity index (χ1) is 15.8. The number of amides is 1. The quantitative estimate of drug-likeness (QED) is 0.185. The van der Waals surface area contributed by atoms with Gasteiger partial charge in [0.15, 0.2) is 17.3 Å². The summed E-state index contributed by atoms with van der Waals surface area (Å²) >= 11 is 1.06. The number of Topliss-reactive ketones (excluding diaryl/α,β-unsaturated/α-hetero) is 1.